The van der Waals surface area contributed by atoms with Crippen molar-refractivity contribution >= 4 is 35.0 Å². The number of fused-ring (bicyclic) bond motifs is 3. The third-order valence-corrected chi connectivity index (χ3v) is 6.33. The molecular weight excluding hydrogens is 472 g/mol. The number of para-hydroxylation sites is 1. The summed E-state index contributed by atoms with van der Waals surface area (Å²) in [7, 11) is 0. The van der Waals surface area contributed by atoms with Crippen LogP contribution in [0.4, 0.5) is 5.69 Å². The average Bonchev–Trinajstić information content (AvgIpc) is 3.29. The Morgan fingerprint density at radius 2 is 1.85 bits per heavy atom. The second kappa shape index (κ2) is 9.48. The first-order valence-electron chi connectivity index (χ1n) is 10.9. The summed E-state index contributed by atoms with van der Waals surface area (Å²) >= 11 is 7.50. The third kappa shape index (κ3) is 4.15. The highest BCUT2D eigenvalue weighted by Crippen LogP contribution is 2.44. The van der Waals surface area contributed by atoms with Gasteiger partial charge in [0.25, 0.3) is 0 Å². The molecule has 0 saturated heterocycles. The van der Waals surface area contributed by atoms with Gasteiger partial charge >= 0.3 is 0 Å². The lowest BCUT2D eigenvalue weighted by Crippen LogP contribution is -2.37. The first-order valence-corrected chi connectivity index (χ1v) is 12.3. The zero-order valence-electron chi connectivity index (χ0n) is 18.6. The molecule has 0 saturated carbocycles. The fraction of sp³-hybridized carbons (Fsp3) is 0.200. The number of benzene rings is 2. The minimum atomic E-state index is -0.868. The van der Waals surface area contributed by atoms with Gasteiger partial charge in [-0.2, -0.15) is 4.98 Å². The van der Waals surface area contributed by atoms with E-state index in [0.717, 1.165) is 16.9 Å². The number of thioether (sulfide) groups is 1. The molecule has 0 bridgehead atoms. The highest BCUT2D eigenvalue weighted by atomic mass is 35.5. The summed E-state index contributed by atoms with van der Waals surface area (Å²) in [5, 5.41) is 9.80. The highest BCUT2D eigenvalue weighted by Gasteiger charge is 2.37. The second-order valence-corrected chi connectivity index (χ2v) is 9.16. The number of hydrogen-bond acceptors (Lipinski definition) is 7. The maximum atomic E-state index is 13.2. The molecule has 1 atom stereocenters. The Balaban J connectivity index is 1.65. The van der Waals surface area contributed by atoms with Crippen molar-refractivity contribution in [3.8, 4) is 28.5 Å². The van der Waals surface area contributed by atoms with Crippen molar-refractivity contribution in [2.24, 2.45) is 0 Å². The van der Waals surface area contributed by atoms with E-state index in [0.29, 0.717) is 39.0 Å². The van der Waals surface area contributed by atoms with Crippen LogP contribution in [0.1, 0.15) is 32.3 Å². The normalized spacial score (nSPS) is 14.7. The number of hydrogen-bond donors (Lipinski definition) is 0. The molecule has 9 heteroatoms. The predicted molar refractivity (Wildman–Crippen MR) is 132 cm³/mol. The lowest BCUT2D eigenvalue weighted by atomic mass is 10.1. The smallest absolute Gasteiger partial charge is 0.247 e. The fourth-order valence-corrected chi connectivity index (χ4v) is 4.41. The van der Waals surface area contributed by atoms with E-state index in [1.54, 1.807) is 17.0 Å². The van der Waals surface area contributed by atoms with Crippen LogP contribution >= 0.6 is 23.4 Å². The van der Waals surface area contributed by atoms with Gasteiger partial charge in [0.2, 0.25) is 23.2 Å². The van der Waals surface area contributed by atoms with Crippen molar-refractivity contribution in [2.75, 3.05) is 10.7 Å². The molecule has 0 N–H and O–H groups in total. The number of anilines is 1. The average molecular weight is 493 g/mol. The van der Waals surface area contributed by atoms with Gasteiger partial charge in [0.1, 0.15) is 5.76 Å². The Kier molecular flexibility index (Phi) is 6.26. The minimum Gasteiger partial charge on any atom is -0.455 e. The van der Waals surface area contributed by atoms with Gasteiger partial charge in [-0.15, -0.1) is 10.2 Å². The molecular formula is C25H21ClN4O3S. The van der Waals surface area contributed by atoms with Crippen LogP contribution in [0.2, 0.25) is 5.02 Å². The Bertz CT molecular complexity index is 1340. The standard InChI is InChI=1S/C25H21ClN4O3S/c1-3-21(31)30-18-8-6-5-7-17(18)22-23(27-25(29-28-22)34-4-2)33-24(30)20-14-13-19(32-20)15-9-11-16(26)12-10-15/h5-14,24H,3-4H2,1-2H3. The van der Waals surface area contributed by atoms with Gasteiger partial charge < -0.3 is 9.15 Å². The molecule has 172 valence electrons. The van der Waals surface area contributed by atoms with Crippen LogP contribution in [-0.2, 0) is 4.79 Å². The zero-order chi connectivity index (χ0) is 23.7. The lowest BCUT2D eigenvalue weighted by Gasteiger charge is -2.29. The van der Waals surface area contributed by atoms with Crippen LogP contribution in [0.5, 0.6) is 5.88 Å². The van der Waals surface area contributed by atoms with Crippen LogP contribution in [0.3, 0.4) is 0 Å². The molecule has 7 nitrogen and oxygen atoms in total. The molecule has 0 radical (unpaired) electrons. The van der Waals surface area contributed by atoms with Crippen molar-refractivity contribution in [1.29, 1.82) is 0 Å². The fourth-order valence-electron chi connectivity index (χ4n) is 3.78. The van der Waals surface area contributed by atoms with E-state index in [1.807, 2.05) is 62.4 Å². The molecule has 2 aromatic carbocycles. The highest BCUT2D eigenvalue weighted by molar-refractivity contribution is 7.99. The number of nitrogens with zero attached hydrogens (tertiary/aromatic N) is 4. The number of carbonyl (C=O) groups excluding carboxylic acids is 1. The Hall–Kier alpha value is -3.36. The van der Waals surface area contributed by atoms with Gasteiger partial charge in [-0.25, -0.2) is 0 Å². The van der Waals surface area contributed by atoms with Crippen molar-refractivity contribution < 1.29 is 13.9 Å². The predicted octanol–water partition coefficient (Wildman–Crippen LogP) is 6.40. The minimum absolute atomic E-state index is 0.120. The molecule has 2 aromatic heterocycles. The largest absolute Gasteiger partial charge is 0.455 e. The SMILES string of the molecule is CCSc1nnc2c(n1)OC(c1ccc(-c3ccc(Cl)cc3)o1)N(C(=O)CC)c1ccccc1-2. The van der Waals surface area contributed by atoms with Crippen LogP contribution in [0.15, 0.2) is 70.2 Å². The summed E-state index contributed by atoms with van der Waals surface area (Å²) in [6, 6.07) is 18.5. The maximum Gasteiger partial charge on any atom is 0.247 e. The summed E-state index contributed by atoms with van der Waals surface area (Å²) in [4.78, 5) is 19.4. The quantitative estimate of drug-likeness (QED) is 0.298. The number of amides is 1. The molecule has 0 spiro atoms. The molecule has 1 aliphatic rings. The maximum absolute atomic E-state index is 13.2. The number of aromatic nitrogens is 3. The molecule has 0 fully saturated rings. The van der Waals surface area contributed by atoms with E-state index in [1.165, 1.54) is 11.8 Å². The Morgan fingerprint density at radius 3 is 2.62 bits per heavy atom. The molecule has 0 aliphatic carbocycles. The number of halogens is 1. The molecule has 1 unspecified atom stereocenters. The summed E-state index contributed by atoms with van der Waals surface area (Å²) in [5.74, 6) is 2.09. The second-order valence-electron chi connectivity index (χ2n) is 7.49. The van der Waals surface area contributed by atoms with Crippen LogP contribution in [0.25, 0.3) is 22.6 Å². The lowest BCUT2D eigenvalue weighted by molar-refractivity contribution is -0.120. The van der Waals surface area contributed by atoms with Gasteiger partial charge in [0, 0.05) is 22.6 Å². The van der Waals surface area contributed by atoms with Crippen molar-refractivity contribution in [2.45, 2.75) is 31.7 Å². The van der Waals surface area contributed by atoms with Gasteiger partial charge in [0.05, 0.1) is 5.69 Å². The molecule has 5 rings (SSSR count). The van der Waals surface area contributed by atoms with E-state index < -0.39 is 6.23 Å². The Morgan fingerprint density at radius 1 is 1.06 bits per heavy atom. The molecule has 34 heavy (non-hydrogen) atoms. The summed E-state index contributed by atoms with van der Waals surface area (Å²) in [5.41, 5.74) is 2.73. The number of ether oxygens (including phenoxy) is 1. The molecule has 1 aliphatic heterocycles. The van der Waals surface area contributed by atoms with Crippen LogP contribution in [0, 0.1) is 0 Å². The topological polar surface area (TPSA) is 81.3 Å². The van der Waals surface area contributed by atoms with E-state index in [4.69, 9.17) is 20.8 Å². The third-order valence-electron chi connectivity index (χ3n) is 5.36. The first-order chi connectivity index (χ1) is 16.6. The number of rotatable bonds is 5. The number of furan rings is 1. The van der Waals surface area contributed by atoms with E-state index in [-0.39, 0.29) is 12.3 Å². The van der Waals surface area contributed by atoms with E-state index >= 15 is 0 Å². The monoisotopic (exact) mass is 492 g/mol. The number of carbonyl (C=O) groups is 1. The van der Waals surface area contributed by atoms with Crippen molar-refractivity contribution in [3.63, 3.8) is 0 Å². The molecule has 4 aromatic rings. The zero-order valence-corrected chi connectivity index (χ0v) is 20.1. The Labute approximate surface area is 206 Å². The van der Waals surface area contributed by atoms with Gasteiger partial charge in [-0.1, -0.05) is 55.4 Å². The van der Waals surface area contributed by atoms with Gasteiger partial charge in [-0.05, 0) is 48.2 Å². The summed E-state index contributed by atoms with van der Waals surface area (Å²) in [6.07, 6.45) is -0.585. The van der Waals surface area contributed by atoms with Gasteiger partial charge in [-0.3, -0.25) is 9.69 Å². The van der Waals surface area contributed by atoms with Crippen LogP contribution in [-0.4, -0.2) is 26.8 Å². The van der Waals surface area contributed by atoms with Gasteiger partial charge in [0.15, 0.2) is 11.5 Å². The van der Waals surface area contributed by atoms with E-state index in [2.05, 4.69) is 15.2 Å². The summed E-state index contributed by atoms with van der Waals surface area (Å²) in [6.45, 7) is 3.83. The molecule has 3 heterocycles. The summed E-state index contributed by atoms with van der Waals surface area (Å²) < 4.78 is 12.6. The van der Waals surface area contributed by atoms with Crippen molar-refractivity contribution in [3.05, 3.63) is 71.4 Å². The molecule has 1 amide bonds. The first kappa shape index (κ1) is 22.4. The van der Waals surface area contributed by atoms with Crippen LogP contribution < -0.4 is 9.64 Å². The van der Waals surface area contributed by atoms with Crippen molar-refractivity contribution in [1.82, 2.24) is 15.2 Å². The van der Waals surface area contributed by atoms with E-state index in [9.17, 15) is 4.79 Å².